The van der Waals surface area contributed by atoms with E-state index >= 15 is 0 Å². The predicted molar refractivity (Wildman–Crippen MR) is 49.9 cm³/mol. The van der Waals surface area contributed by atoms with Crippen molar-refractivity contribution >= 4 is 0 Å². The van der Waals surface area contributed by atoms with Crippen molar-refractivity contribution in [3.05, 3.63) is 22.6 Å². The van der Waals surface area contributed by atoms with Crippen molar-refractivity contribution in [1.29, 1.82) is 0 Å². The van der Waals surface area contributed by atoms with Crippen LogP contribution in [0.1, 0.15) is 6.23 Å². The Kier molecular flexibility index (Phi) is 2.00. The molecule has 2 aliphatic heterocycles. The van der Waals surface area contributed by atoms with Crippen LogP contribution in [0.3, 0.4) is 0 Å². The Morgan fingerprint density at radius 3 is 3.12 bits per heavy atom. The van der Waals surface area contributed by atoms with Crippen molar-refractivity contribution in [3.8, 4) is 6.01 Å². The molecular weight excluding hydrogens is 216 g/mol. The Labute approximate surface area is 89.9 Å². The highest BCUT2D eigenvalue weighted by Gasteiger charge is 2.50. The predicted octanol–water partition coefficient (Wildman–Crippen LogP) is -1.75. The summed E-state index contributed by atoms with van der Waals surface area (Å²) in [6.07, 6.45) is -1.24. The fraction of sp³-hybridized carbons (Fsp3) is 0.556. The minimum Gasteiger partial charge on any atom is -0.453 e. The third kappa shape index (κ3) is 1.19. The maximum absolute atomic E-state index is 11.0. The Balaban J connectivity index is 1.99. The zero-order valence-corrected chi connectivity index (χ0v) is 8.18. The molecule has 0 radical (unpaired) electrons. The average molecular weight is 226 g/mol. The van der Waals surface area contributed by atoms with E-state index in [1.807, 2.05) is 0 Å². The second kappa shape index (κ2) is 3.27. The van der Waals surface area contributed by atoms with Crippen molar-refractivity contribution in [2.75, 3.05) is 6.61 Å². The molecule has 0 bridgehead atoms. The molecule has 0 saturated carbocycles. The Morgan fingerprint density at radius 1 is 1.56 bits per heavy atom. The number of aliphatic hydroxyl groups excluding tert-OH is 2. The lowest BCUT2D eigenvalue weighted by Gasteiger charge is -2.13. The van der Waals surface area contributed by atoms with Crippen molar-refractivity contribution in [2.24, 2.45) is 0 Å². The van der Waals surface area contributed by atoms with Crippen molar-refractivity contribution in [3.63, 3.8) is 0 Å². The molecule has 0 aromatic carbocycles. The molecule has 4 atom stereocenters. The quantitative estimate of drug-likeness (QED) is 0.590. The fourth-order valence-electron chi connectivity index (χ4n) is 2.02. The highest BCUT2D eigenvalue weighted by atomic mass is 16.6. The van der Waals surface area contributed by atoms with Gasteiger partial charge in [0.15, 0.2) is 12.3 Å². The highest BCUT2D eigenvalue weighted by Crippen LogP contribution is 2.38. The van der Waals surface area contributed by atoms with Gasteiger partial charge in [-0.2, -0.15) is 4.98 Å². The van der Waals surface area contributed by atoms with Gasteiger partial charge < -0.3 is 19.7 Å². The summed E-state index contributed by atoms with van der Waals surface area (Å²) in [5.41, 5.74) is -0.403. The molecule has 1 aromatic heterocycles. The van der Waals surface area contributed by atoms with E-state index in [4.69, 9.17) is 14.6 Å². The zero-order chi connectivity index (χ0) is 11.3. The molecule has 16 heavy (non-hydrogen) atoms. The van der Waals surface area contributed by atoms with Crippen LogP contribution in [0, 0.1) is 0 Å². The molecule has 86 valence electrons. The molecule has 7 heteroatoms. The van der Waals surface area contributed by atoms with Gasteiger partial charge in [-0.1, -0.05) is 0 Å². The maximum Gasteiger partial charge on any atom is 0.302 e. The Bertz CT molecular complexity index is 473. The van der Waals surface area contributed by atoms with Gasteiger partial charge in [0, 0.05) is 12.3 Å². The molecule has 0 spiro atoms. The number of ether oxygens (including phenoxy) is 2. The summed E-state index contributed by atoms with van der Waals surface area (Å²) >= 11 is 0. The van der Waals surface area contributed by atoms with Gasteiger partial charge in [-0.3, -0.25) is 9.36 Å². The first-order chi connectivity index (χ1) is 7.70. The Hall–Kier alpha value is -1.44. The second-order valence-electron chi connectivity index (χ2n) is 3.78. The summed E-state index contributed by atoms with van der Waals surface area (Å²) in [5.74, 6) is 0. The minimum absolute atomic E-state index is 0.137. The van der Waals surface area contributed by atoms with Gasteiger partial charge in [0.2, 0.25) is 0 Å². The normalized spacial score (nSPS) is 35.6. The molecule has 1 aromatic rings. The van der Waals surface area contributed by atoms with E-state index in [-0.39, 0.29) is 12.6 Å². The number of hydrogen-bond acceptors (Lipinski definition) is 6. The zero-order valence-electron chi connectivity index (χ0n) is 8.18. The summed E-state index contributed by atoms with van der Waals surface area (Å²) < 4.78 is 12.3. The summed E-state index contributed by atoms with van der Waals surface area (Å²) in [6, 6.07) is 1.43. The van der Waals surface area contributed by atoms with Gasteiger partial charge in [-0.05, 0) is 0 Å². The van der Waals surface area contributed by atoms with Gasteiger partial charge in [-0.15, -0.1) is 0 Å². The van der Waals surface area contributed by atoms with E-state index in [1.54, 1.807) is 0 Å². The van der Waals surface area contributed by atoms with Crippen LogP contribution in [0.2, 0.25) is 0 Å². The van der Waals surface area contributed by atoms with E-state index in [0.717, 1.165) is 0 Å². The summed E-state index contributed by atoms with van der Waals surface area (Å²) in [6.45, 7) is -0.277. The first-order valence-corrected chi connectivity index (χ1v) is 4.91. The minimum atomic E-state index is -0.924. The van der Waals surface area contributed by atoms with Crippen LogP contribution < -0.4 is 10.3 Å². The maximum atomic E-state index is 11.0. The topological polar surface area (TPSA) is 93.8 Å². The molecular formula is C9H10N2O5. The number of aromatic nitrogens is 2. The van der Waals surface area contributed by atoms with Crippen molar-refractivity contribution in [1.82, 2.24) is 9.55 Å². The molecule has 2 aliphatic rings. The van der Waals surface area contributed by atoms with Crippen molar-refractivity contribution < 1.29 is 19.7 Å². The lowest BCUT2D eigenvalue weighted by molar-refractivity contribution is -0.0434. The summed E-state index contributed by atoms with van der Waals surface area (Å²) in [4.78, 5) is 14.7. The number of rotatable bonds is 1. The van der Waals surface area contributed by atoms with Crippen LogP contribution in [0.4, 0.5) is 0 Å². The largest absolute Gasteiger partial charge is 0.453 e. The number of nitrogens with zero attached hydrogens (tertiary/aromatic N) is 2. The van der Waals surface area contributed by atoms with E-state index in [2.05, 4.69) is 4.98 Å². The van der Waals surface area contributed by atoms with E-state index < -0.39 is 30.1 Å². The fourth-order valence-corrected chi connectivity index (χ4v) is 2.02. The Morgan fingerprint density at radius 2 is 2.38 bits per heavy atom. The lowest BCUT2D eigenvalue weighted by atomic mass is 10.1. The summed E-state index contributed by atoms with van der Waals surface area (Å²) in [7, 11) is 0. The molecule has 7 nitrogen and oxygen atoms in total. The van der Waals surface area contributed by atoms with Gasteiger partial charge in [-0.25, -0.2) is 0 Å². The second-order valence-corrected chi connectivity index (χ2v) is 3.78. The molecule has 1 saturated heterocycles. The lowest BCUT2D eigenvalue weighted by Crippen LogP contribution is -2.34. The third-order valence-electron chi connectivity index (χ3n) is 2.81. The van der Waals surface area contributed by atoms with Crippen molar-refractivity contribution in [2.45, 2.75) is 24.5 Å². The molecule has 0 aliphatic carbocycles. The number of fused-ring (bicyclic) bond motifs is 3. The number of hydrogen-bond donors (Lipinski definition) is 2. The molecule has 0 amide bonds. The van der Waals surface area contributed by atoms with E-state index in [9.17, 15) is 9.90 Å². The SMILES string of the molecule is O=c1ccn2c(n1)O[C@@H]1[C@H](O)[C@@H](CO)O[C@H]12. The van der Waals surface area contributed by atoms with Crippen LogP contribution in [-0.4, -0.2) is 44.7 Å². The standard InChI is InChI=1S/C9H10N2O5/c12-3-4-6(14)7-8(15-4)11-2-1-5(13)10-9(11)16-7/h1-2,4,6-8,12,14H,3H2/t4-,6-,7-,8-/m1/s1. The van der Waals surface area contributed by atoms with Crippen LogP contribution in [0.5, 0.6) is 6.01 Å². The average Bonchev–Trinajstić information content (AvgIpc) is 2.75. The number of aliphatic hydroxyl groups is 2. The van der Waals surface area contributed by atoms with Gasteiger partial charge >= 0.3 is 6.01 Å². The molecule has 3 heterocycles. The first-order valence-electron chi connectivity index (χ1n) is 4.91. The van der Waals surface area contributed by atoms with Crippen LogP contribution >= 0.6 is 0 Å². The van der Waals surface area contributed by atoms with Crippen LogP contribution in [-0.2, 0) is 4.74 Å². The third-order valence-corrected chi connectivity index (χ3v) is 2.81. The van der Waals surface area contributed by atoms with Crippen LogP contribution in [0.15, 0.2) is 17.1 Å². The molecule has 0 unspecified atom stereocenters. The molecule has 3 rings (SSSR count). The monoisotopic (exact) mass is 226 g/mol. The first kappa shape index (κ1) is 9.76. The van der Waals surface area contributed by atoms with E-state index in [0.29, 0.717) is 0 Å². The smallest absolute Gasteiger partial charge is 0.302 e. The van der Waals surface area contributed by atoms with Gasteiger partial charge in [0.25, 0.3) is 5.56 Å². The van der Waals surface area contributed by atoms with Gasteiger partial charge in [0.05, 0.1) is 6.61 Å². The molecule has 1 fully saturated rings. The highest BCUT2D eigenvalue weighted by molar-refractivity contribution is 5.10. The molecule has 2 N–H and O–H groups in total. The van der Waals surface area contributed by atoms with Crippen LogP contribution in [0.25, 0.3) is 0 Å². The van der Waals surface area contributed by atoms with E-state index in [1.165, 1.54) is 16.8 Å². The van der Waals surface area contributed by atoms with Gasteiger partial charge in [0.1, 0.15) is 12.2 Å². The summed E-state index contributed by atoms with van der Waals surface area (Å²) in [5, 5.41) is 18.7.